The number of nitrogens with two attached hydrogens (primary N) is 1. The Bertz CT molecular complexity index is 603. The molecule has 2 heterocycles. The maximum Gasteiger partial charge on any atom is 0.222 e. The van der Waals surface area contributed by atoms with Crippen LogP contribution in [0, 0.1) is 0 Å². The van der Waals surface area contributed by atoms with E-state index in [1.807, 2.05) is 16.3 Å². The SMILES string of the molecule is CCc1nn(C)c(CSc2nnc(N)n2C(C)C)c1Br. The third kappa shape index (κ3) is 2.85. The van der Waals surface area contributed by atoms with Crippen molar-refractivity contribution < 1.29 is 0 Å². The van der Waals surface area contributed by atoms with Crippen molar-refractivity contribution >= 4 is 33.6 Å². The largest absolute Gasteiger partial charge is 0.368 e. The van der Waals surface area contributed by atoms with Crippen LogP contribution in [0.4, 0.5) is 5.95 Å². The quantitative estimate of drug-likeness (QED) is 0.831. The van der Waals surface area contributed by atoms with Gasteiger partial charge in [-0.3, -0.25) is 9.25 Å². The molecule has 0 fully saturated rings. The summed E-state index contributed by atoms with van der Waals surface area (Å²) in [6.45, 7) is 6.23. The molecular formula is C12H19BrN6S. The summed E-state index contributed by atoms with van der Waals surface area (Å²) >= 11 is 5.24. The van der Waals surface area contributed by atoms with E-state index in [0.29, 0.717) is 5.95 Å². The third-order valence-corrected chi connectivity index (χ3v) is 4.92. The fraction of sp³-hybridized carbons (Fsp3) is 0.583. The summed E-state index contributed by atoms with van der Waals surface area (Å²) in [5.74, 6) is 1.23. The maximum atomic E-state index is 5.85. The Balaban J connectivity index is 2.19. The topological polar surface area (TPSA) is 74.6 Å². The second-order valence-electron chi connectivity index (χ2n) is 4.78. The highest BCUT2D eigenvalue weighted by Gasteiger charge is 2.16. The average Bonchev–Trinajstić information content (AvgIpc) is 2.88. The average molecular weight is 359 g/mol. The molecule has 2 aromatic rings. The fourth-order valence-corrected chi connectivity index (χ4v) is 4.06. The van der Waals surface area contributed by atoms with Crippen molar-refractivity contribution in [1.82, 2.24) is 24.5 Å². The predicted octanol–water partition coefficient (Wildman–Crippen LogP) is 2.79. The molecule has 0 bridgehead atoms. The number of anilines is 1. The molecule has 0 aliphatic heterocycles. The second kappa shape index (κ2) is 6.17. The van der Waals surface area contributed by atoms with Crippen molar-refractivity contribution in [2.45, 2.75) is 44.1 Å². The van der Waals surface area contributed by atoms with Gasteiger partial charge in [-0.25, -0.2) is 0 Å². The van der Waals surface area contributed by atoms with E-state index in [9.17, 15) is 0 Å². The van der Waals surface area contributed by atoms with E-state index in [4.69, 9.17) is 5.73 Å². The first kappa shape index (κ1) is 15.4. The minimum atomic E-state index is 0.244. The van der Waals surface area contributed by atoms with Gasteiger partial charge in [0.2, 0.25) is 5.95 Å². The van der Waals surface area contributed by atoms with Gasteiger partial charge in [-0.2, -0.15) is 5.10 Å². The number of thioether (sulfide) groups is 1. The van der Waals surface area contributed by atoms with E-state index < -0.39 is 0 Å². The monoisotopic (exact) mass is 358 g/mol. The van der Waals surface area contributed by atoms with Crippen LogP contribution in [-0.2, 0) is 19.2 Å². The van der Waals surface area contributed by atoms with Crippen molar-refractivity contribution in [3.05, 3.63) is 15.9 Å². The molecule has 0 saturated heterocycles. The molecule has 0 aromatic carbocycles. The van der Waals surface area contributed by atoms with Gasteiger partial charge in [0.05, 0.1) is 15.9 Å². The third-order valence-electron chi connectivity index (χ3n) is 3.05. The fourth-order valence-electron chi connectivity index (χ4n) is 1.98. The first-order valence-corrected chi connectivity index (χ1v) is 8.27. The Hall–Kier alpha value is -1.02. The van der Waals surface area contributed by atoms with Gasteiger partial charge < -0.3 is 5.73 Å². The lowest BCUT2D eigenvalue weighted by atomic mass is 10.3. The Morgan fingerprint density at radius 2 is 2.05 bits per heavy atom. The zero-order chi connectivity index (χ0) is 14.9. The van der Waals surface area contributed by atoms with Gasteiger partial charge in [0.1, 0.15) is 0 Å². The number of halogens is 1. The van der Waals surface area contributed by atoms with Crippen LogP contribution in [0.3, 0.4) is 0 Å². The van der Waals surface area contributed by atoms with Crippen molar-refractivity contribution in [3.8, 4) is 0 Å². The number of nitrogens with zero attached hydrogens (tertiary/aromatic N) is 5. The Kier molecular flexibility index (Phi) is 4.74. The number of aromatic nitrogens is 5. The summed E-state index contributed by atoms with van der Waals surface area (Å²) in [5, 5.41) is 13.4. The molecule has 8 heteroatoms. The summed E-state index contributed by atoms with van der Waals surface area (Å²) in [6.07, 6.45) is 0.911. The molecule has 2 rings (SSSR count). The van der Waals surface area contributed by atoms with E-state index in [1.54, 1.807) is 11.8 Å². The molecule has 0 aliphatic carbocycles. The van der Waals surface area contributed by atoms with Crippen molar-refractivity contribution in [3.63, 3.8) is 0 Å². The Morgan fingerprint density at radius 1 is 1.35 bits per heavy atom. The molecule has 20 heavy (non-hydrogen) atoms. The normalized spacial score (nSPS) is 11.5. The van der Waals surface area contributed by atoms with Crippen LogP contribution in [0.2, 0.25) is 0 Å². The van der Waals surface area contributed by atoms with Gasteiger partial charge in [0, 0.05) is 18.8 Å². The highest BCUT2D eigenvalue weighted by molar-refractivity contribution is 9.10. The van der Waals surface area contributed by atoms with E-state index in [-0.39, 0.29) is 6.04 Å². The molecule has 110 valence electrons. The smallest absolute Gasteiger partial charge is 0.222 e. The van der Waals surface area contributed by atoms with Gasteiger partial charge >= 0.3 is 0 Å². The first-order valence-electron chi connectivity index (χ1n) is 6.49. The lowest BCUT2D eigenvalue weighted by molar-refractivity contribution is 0.557. The van der Waals surface area contributed by atoms with Crippen LogP contribution < -0.4 is 5.73 Å². The lowest BCUT2D eigenvalue weighted by Gasteiger charge is -2.11. The van der Waals surface area contributed by atoms with Crippen LogP contribution in [-0.4, -0.2) is 24.5 Å². The van der Waals surface area contributed by atoms with Crippen LogP contribution in [0.1, 0.15) is 38.2 Å². The molecule has 2 aromatic heterocycles. The number of hydrogen-bond donors (Lipinski definition) is 1. The van der Waals surface area contributed by atoms with Gasteiger partial charge in [0.15, 0.2) is 5.16 Å². The van der Waals surface area contributed by atoms with Crippen LogP contribution in [0.15, 0.2) is 9.63 Å². The second-order valence-corrected chi connectivity index (χ2v) is 6.51. The molecule has 0 radical (unpaired) electrons. The number of rotatable bonds is 5. The molecule has 0 saturated carbocycles. The molecule has 0 amide bonds. The maximum absolute atomic E-state index is 5.85. The molecule has 0 aliphatic rings. The van der Waals surface area contributed by atoms with Gasteiger partial charge in [-0.15, -0.1) is 10.2 Å². The van der Waals surface area contributed by atoms with Crippen molar-refractivity contribution in [2.24, 2.45) is 7.05 Å². The zero-order valence-corrected chi connectivity index (χ0v) is 14.5. The van der Waals surface area contributed by atoms with Gasteiger partial charge in [0.25, 0.3) is 0 Å². The van der Waals surface area contributed by atoms with Crippen molar-refractivity contribution in [1.29, 1.82) is 0 Å². The molecule has 2 N–H and O–H groups in total. The summed E-state index contributed by atoms with van der Waals surface area (Å²) in [7, 11) is 1.96. The molecule has 0 spiro atoms. The Labute approximate surface area is 131 Å². The first-order chi connectivity index (χ1) is 9.45. The van der Waals surface area contributed by atoms with E-state index in [1.165, 1.54) is 0 Å². The summed E-state index contributed by atoms with van der Waals surface area (Å²) in [6, 6.07) is 0.244. The van der Waals surface area contributed by atoms with Crippen LogP contribution >= 0.6 is 27.7 Å². The number of hydrogen-bond acceptors (Lipinski definition) is 5. The molecular weight excluding hydrogens is 340 g/mol. The number of nitrogen functional groups attached to an aromatic ring is 1. The van der Waals surface area contributed by atoms with Gasteiger partial charge in [-0.05, 0) is 36.2 Å². The van der Waals surface area contributed by atoms with Crippen LogP contribution in [0.5, 0.6) is 0 Å². The van der Waals surface area contributed by atoms with Crippen molar-refractivity contribution in [2.75, 3.05) is 5.73 Å². The lowest BCUT2D eigenvalue weighted by Crippen LogP contribution is -2.07. The number of aryl methyl sites for hydroxylation is 2. The van der Waals surface area contributed by atoms with Gasteiger partial charge in [-0.1, -0.05) is 18.7 Å². The minimum absolute atomic E-state index is 0.244. The minimum Gasteiger partial charge on any atom is -0.368 e. The summed E-state index contributed by atoms with van der Waals surface area (Å²) in [5.41, 5.74) is 8.07. The summed E-state index contributed by atoms with van der Waals surface area (Å²) < 4.78 is 4.93. The van der Waals surface area contributed by atoms with E-state index >= 15 is 0 Å². The summed E-state index contributed by atoms with van der Waals surface area (Å²) in [4.78, 5) is 0. The predicted molar refractivity (Wildman–Crippen MR) is 84.7 cm³/mol. The Morgan fingerprint density at radius 3 is 2.60 bits per heavy atom. The molecule has 0 unspecified atom stereocenters. The van der Waals surface area contributed by atoms with Crippen LogP contribution in [0.25, 0.3) is 0 Å². The van der Waals surface area contributed by atoms with E-state index in [0.717, 1.165) is 33.2 Å². The highest BCUT2D eigenvalue weighted by Crippen LogP contribution is 2.30. The zero-order valence-electron chi connectivity index (χ0n) is 12.1. The molecule has 0 atom stereocenters. The standard InChI is InChI=1S/C12H19BrN6S/c1-5-8-10(13)9(18(4)17-8)6-20-12-16-15-11(14)19(12)7(2)3/h7H,5-6H2,1-4H3,(H2,14,15). The molecule has 6 nitrogen and oxygen atoms in total. The van der Waals surface area contributed by atoms with E-state index in [2.05, 4.69) is 52.0 Å². The highest BCUT2D eigenvalue weighted by atomic mass is 79.9.